The molecule has 0 unspecified atom stereocenters. The molecule has 0 aromatic rings. The van der Waals surface area contributed by atoms with Gasteiger partial charge in [0.2, 0.25) is 0 Å². The maximum Gasteiger partial charge on any atom is 0.115 e. The Kier molecular flexibility index (Phi) is 1.51. The van der Waals surface area contributed by atoms with Crippen LogP contribution in [0, 0.1) is 5.21 Å². The Morgan fingerprint density at radius 1 is 1.36 bits per heavy atom. The third-order valence-corrected chi connectivity index (χ3v) is 2.03. The van der Waals surface area contributed by atoms with Crippen LogP contribution in [-0.2, 0) is 0 Å². The topological polar surface area (TPSA) is 64.7 Å². The van der Waals surface area contributed by atoms with Gasteiger partial charge in [0.05, 0.1) is 11.2 Å². The lowest BCUT2D eigenvalue weighted by atomic mass is 10.0. The number of hydroxylamine groups is 2. The van der Waals surface area contributed by atoms with E-state index < -0.39 is 11.2 Å². The fraction of sp³-hybridized carbons (Fsp3) is 0.857. The molecule has 1 heterocycles. The largest absolute Gasteiger partial charge is 0.783 e. The van der Waals surface area contributed by atoms with Crippen LogP contribution < -0.4 is 5.73 Å². The SMILES string of the molecule is CC1(C)N=C(N)C(C)(C)N1[O-]. The van der Waals surface area contributed by atoms with Crippen LogP contribution in [0.3, 0.4) is 0 Å². The molecule has 0 spiro atoms. The van der Waals surface area contributed by atoms with Gasteiger partial charge in [-0.3, -0.25) is 4.99 Å². The van der Waals surface area contributed by atoms with E-state index in [0.717, 1.165) is 5.06 Å². The lowest BCUT2D eigenvalue weighted by Crippen LogP contribution is -2.50. The van der Waals surface area contributed by atoms with Crippen LogP contribution in [0.4, 0.5) is 0 Å². The van der Waals surface area contributed by atoms with Gasteiger partial charge in [0.1, 0.15) is 5.84 Å². The first-order chi connectivity index (χ1) is 4.78. The van der Waals surface area contributed by atoms with Crippen molar-refractivity contribution in [3.63, 3.8) is 0 Å². The van der Waals surface area contributed by atoms with Gasteiger partial charge in [-0.2, -0.15) is 0 Å². The van der Waals surface area contributed by atoms with E-state index in [1.807, 2.05) is 0 Å². The highest BCUT2D eigenvalue weighted by Gasteiger charge is 2.40. The monoisotopic (exact) mass is 156 g/mol. The quantitative estimate of drug-likeness (QED) is 0.560. The van der Waals surface area contributed by atoms with E-state index in [-0.39, 0.29) is 0 Å². The highest BCUT2D eigenvalue weighted by Crippen LogP contribution is 2.31. The molecule has 0 amide bonds. The molecule has 0 saturated carbocycles. The third-order valence-electron chi connectivity index (χ3n) is 2.03. The zero-order valence-corrected chi connectivity index (χ0v) is 7.38. The second-order valence-corrected chi connectivity index (χ2v) is 3.84. The predicted molar refractivity (Wildman–Crippen MR) is 45.0 cm³/mol. The molecule has 2 N–H and O–H groups in total. The molecule has 0 saturated heterocycles. The molecule has 0 radical (unpaired) electrons. The van der Waals surface area contributed by atoms with Gasteiger partial charge in [-0.1, -0.05) is 0 Å². The van der Waals surface area contributed by atoms with E-state index in [0.29, 0.717) is 5.84 Å². The van der Waals surface area contributed by atoms with Gasteiger partial charge in [0.25, 0.3) is 0 Å². The van der Waals surface area contributed by atoms with Crippen LogP contribution in [-0.4, -0.2) is 22.1 Å². The summed E-state index contributed by atoms with van der Waals surface area (Å²) in [6.45, 7) is 7.05. The van der Waals surface area contributed by atoms with Crippen molar-refractivity contribution in [1.29, 1.82) is 0 Å². The summed E-state index contributed by atoms with van der Waals surface area (Å²) in [5.74, 6) is 0.414. The standard InChI is InChI=1S/C7H14N3O/c1-6(2)5(8)9-7(3,4)10(6)11/h1-4H3,(H2,8,9)/q-1. The summed E-state index contributed by atoms with van der Waals surface area (Å²) in [6.07, 6.45) is 0. The Balaban J connectivity index is 3.04. The van der Waals surface area contributed by atoms with Gasteiger partial charge in [-0.15, -0.1) is 0 Å². The molecule has 1 aliphatic rings. The molecule has 0 aromatic heterocycles. The zero-order chi connectivity index (χ0) is 8.86. The van der Waals surface area contributed by atoms with Crippen LogP contribution in [0.1, 0.15) is 27.7 Å². The summed E-state index contributed by atoms with van der Waals surface area (Å²) in [7, 11) is 0. The van der Waals surface area contributed by atoms with Crippen LogP contribution >= 0.6 is 0 Å². The highest BCUT2D eigenvalue weighted by atomic mass is 16.5. The van der Waals surface area contributed by atoms with Crippen molar-refractivity contribution in [2.75, 3.05) is 0 Å². The molecular weight excluding hydrogens is 142 g/mol. The number of hydrogen-bond acceptors (Lipinski definition) is 4. The summed E-state index contributed by atoms with van der Waals surface area (Å²) in [6, 6.07) is 0. The molecule has 0 aromatic carbocycles. The van der Waals surface area contributed by atoms with Gasteiger partial charge in [-0.25, -0.2) is 0 Å². The molecule has 0 fully saturated rings. The van der Waals surface area contributed by atoms with E-state index in [1.165, 1.54) is 0 Å². The molecule has 0 bridgehead atoms. The second kappa shape index (κ2) is 1.95. The lowest BCUT2D eigenvalue weighted by Gasteiger charge is -2.44. The average molecular weight is 156 g/mol. The van der Waals surface area contributed by atoms with Crippen molar-refractivity contribution in [3.8, 4) is 0 Å². The van der Waals surface area contributed by atoms with E-state index in [1.54, 1.807) is 27.7 Å². The first kappa shape index (κ1) is 8.49. The first-order valence-electron chi connectivity index (χ1n) is 3.62. The number of nitrogens with zero attached hydrogens (tertiary/aromatic N) is 2. The minimum Gasteiger partial charge on any atom is -0.783 e. The predicted octanol–water partition coefficient (Wildman–Crippen LogP) is 0.672. The molecule has 0 aliphatic carbocycles. The Labute approximate surface area is 66.7 Å². The Morgan fingerprint density at radius 3 is 1.91 bits per heavy atom. The molecule has 4 nitrogen and oxygen atoms in total. The molecular formula is C7H14N3O-. The number of rotatable bonds is 0. The van der Waals surface area contributed by atoms with Crippen molar-refractivity contribution >= 4 is 5.84 Å². The number of hydrogen-bond donors (Lipinski definition) is 1. The Hall–Kier alpha value is -0.610. The number of amidine groups is 1. The van der Waals surface area contributed by atoms with Gasteiger partial charge in [0.15, 0.2) is 0 Å². The molecule has 1 rings (SSSR count). The van der Waals surface area contributed by atoms with Crippen molar-refractivity contribution in [1.82, 2.24) is 5.06 Å². The fourth-order valence-electron chi connectivity index (χ4n) is 1.27. The van der Waals surface area contributed by atoms with E-state index in [9.17, 15) is 5.21 Å². The van der Waals surface area contributed by atoms with Gasteiger partial charge < -0.3 is 16.0 Å². The van der Waals surface area contributed by atoms with Crippen LogP contribution in [0.25, 0.3) is 0 Å². The zero-order valence-electron chi connectivity index (χ0n) is 7.38. The first-order valence-corrected chi connectivity index (χ1v) is 3.62. The molecule has 0 atom stereocenters. The van der Waals surface area contributed by atoms with Crippen molar-refractivity contribution < 1.29 is 0 Å². The summed E-state index contributed by atoms with van der Waals surface area (Å²) in [5, 5.41) is 12.4. The Bertz CT molecular complexity index is 208. The highest BCUT2D eigenvalue weighted by molar-refractivity contribution is 5.91. The molecule has 64 valence electrons. The smallest absolute Gasteiger partial charge is 0.115 e. The average Bonchev–Trinajstić information content (AvgIpc) is 1.94. The summed E-state index contributed by atoms with van der Waals surface area (Å²) in [4.78, 5) is 4.06. The minimum atomic E-state index is -0.701. The normalized spacial score (nSPS) is 28.6. The van der Waals surface area contributed by atoms with Crippen molar-refractivity contribution in [2.45, 2.75) is 38.9 Å². The lowest BCUT2D eigenvalue weighted by molar-refractivity contribution is 0.149. The molecule has 4 heteroatoms. The van der Waals surface area contributed by atoms with Gasteiger partial charge in [-0.05, 0) is 27.7 Å². The minimum absolute atomic E-state index is 0.414. The molecule has 1 aliphatic heterocycles. The van der Waals surface area contributed by atoms with E-state index in [2.05, 4.69) is 4.99 Å². The van der Waals surface area contributed by atoms with Crippen molar-refractivity contribution in [2.24, 2.45) is 10.7 Å². The number of aliphatic imine (C=N–C) groups is 1. The number of nitrogens with two attached hydrogens (primary N) is 1. The van der Waals surface area contributed by atoms with Crippen LogP contribution in [0.5, 0.6) is 0 Å². The molecule has 11 heavy (non-hydrogen) atoms. The van der Waals surface area contributed by atoms with E-state index >= 15 is 0 Å². The fourth-order valence-corrected chi connectivity index (χ4v) is 1.27. The third kappa shape index (κ3) is 1.02. The maximum absolute atomic E-state index is 11.5. The summed E-state index contributed by atoms with van der Waals surface area (Å²) >= 11 is 0. The van der Waals surface area contributed by atoms with Crippen LogP contribution in [0.15, 0.2) is 4.99 Å². The Morgan fingerprint density at radius 2 is 1.82 bits per heavy atom. The summed E-state index contributed by atoms with van der Waals surface area (Å²) in [5.41, 5.74) is 4.24. The summed E-state index contributed by atoms with van der Waals surface area (Å²) < 4.78 is 0. The maximum atomic E-state index is 11.5. The van der Waals surface area contributed by atoms with Crippen molar-refractivity contribution in [3.05, 3.63) is 5.21 Å². The van der Waals surface area contributed by atoms with Crippen LogP contribution in [0.2, 0.25) is 0 Å². The van der Waals surface area contributed by atoms with Gasteiger partial charge >= 0.3 is 0 Å². The van der Waals surface area contributed by atoms with E-state index in [4.69, 9.17) is 5.73 Å². The van der Waals surface area contributed by atoms with Gasteiger partial charge in [0, 0.05) is 0 Å². The second-order valence-electron chi connectivity index (χ2n) is 3.84.